The number of anilines is 3. The highest BCUT2D eigenvalue weighted by Gasteiger charge is 2.14. The third kappa shape index (κ3) is 3.72. The first-order valence-electron chi connectivity index (χ1n) is 8.77. The smallest absolute Gasteiger partial charge is 0.248 e. The fourth-order valence-electron chi connectivity index (χ4n) is 2.72. The van der Waals surface area contributed by atoms with Gasteiger partial charge in [0.05, 0.1) is 0 Å². The second kappa shape index (κ2) is 7.41. The van der Waals surface area contributed by atoms with Crippen LogP contribution in [0.3, 0.4) is 0 Å². The van der Waals surface area contributed by atoms with Gasteiger partial charge >= 0.3 is 0 Å². The Kier molecular flexibility index (Phi) is 4.65. The molecule has 2 aromatic carbocycles. The predicted molar refractivity (Wildman–Crippen MR) is 103 cm³/mol. The molecule has 0 aliphatic carbocycles. The van der Waals surface area contributed by atoms with Gasteiger partial charge in [-0.1, -0.05) is 19.1 Å². The summed E-state index contributed by atoms with van der Waals surface area (Å²) in [5.74, 6) is 2.84. The van der Waals surface area contributed by atoms with Gasteiger partial charge in [0.15, 0.2) is 17.3 Å². The first-order chi connectivity index (χ1) is 13.2. The number of nitrogens with one attached hydrogen (secondary N) is 1. The van der Waals surface area contributed by atoms with Crippen LogP contribution in [0.1, 0.15) is 12.5 Å². The summed E-state index contributed by atoms with van der Waals surface area (Å²) in [6.07, 6.45) is 2.38. The number of benzene rings is 2. The molecule has 0 bridgehead atoms. The maximum absolute atomic E-state index is 6.20. The quantitative estimate of drug-likeness (QED) is 0.709. The maximum atomic E-state index is 6.20. The summed E-state index contributed by atoms with van der Waals surface area (Å²) in [6.45, 7) is 3.19. The van der Waals surface area contributed by atoms with Gasteiger partial charge < -0.3 is 25.3 Å². The van der Waals surface area contributed by atoms with Crippen LogP contribution in [0.15, 0.2) is 48.8 Å². The number of fused-ring (bicyclic) bond motifs is 1. The third-order valence-electron chi connectivity index (χ3n) is 4.20. The molecule has 0 fully saturated rings. The molecular weight excluding hydrogens is 344 g/mol. The van der Waals surface area contributed by atoms with Gasteiger partial charge in [0.2, 0.25) is 5.88 Å². The van der Waals surface area contributed by atoms with Crippen molar-refractivity contribution in [2.24, 2.45) is 0 Å². The molecule has 0 amide bonds. The summed E-state index contributed by atoms with van der Waals surface area (Å²) in [7, 11) is 0. The largest absolute Gasteiger partial charge is 0.486 e. The molecular formula is C20H20N4O3. The summed E-state index contributed by atoms with van der Waals surface area (Å²) in [5, 5.41) is 3.18. The van der Waals surface area contributed by atoms with Crippen molar-refractivity contribution in [2.75, 3.05) is 24.3 Å². The minimum absolute atomic E-state index is 0.300. The van der Waals surface area contributed by atoms with Crippen molar-refractivity contribution in [2.45, 2.75) is 13.3 Å². The zero-order valence-electron chi connectivity index (χ0n) is 14.9. The average molecular weight is 364 g/mol. The van der Waals surface area contributed by atoms with Crippen LogP contribution < -0.4 is 25.3 Å². The Balaban J connectivity index is 1.54. The number of rotatable bonds is 5. The van der Waals surface area contributed by atoms with Crippen LogP contribution in [-0.4, -0.2) is 23.2 Å². The molecule has 3 aromatic rings. The molecule has 2 heterocycles. The minimum atomic E-state index is 0.300. The summed E-state index contributed by atoms with van der Waals surface area (Å²) in [5.41, 5.74) is 8.55. The molecule has 27 heavy (non-hydrogen) atoms. The highest BCUT2D eigenvalue weighted by Crippen LogP contribution is 2.35. The van der Waals surface area contributed by atoms with E-state index < -0.39 is 0 Å². The van der Waals surface area contributed by atoms with Crippen LogP contribution in [0.5, 0.6) is 23.1 Å². The summed E-state index contributed by atoms with van der Waals surface area (Å²) in [4.78, 5) is 8.36. The second-order valence-electron chi connectivity index (χ2n) is 6.02. The predicted octanol–water partition coefficient (Wildman–Crippen LogP) is 3.93. The zero-order chi connectivity index (χ0) is 18.6. The molecule has 7 nitrogen and oxygen atoms in total. The first-order valence-corrected chi connectivity index (χ1v) is 8.77. The van der Waals surface area contributed by atoms with E-state index in [1.165, 1.54) is 11.9 Å². The molecule has 0 radical (unpaired) electrons. The van der Waals surface area contributed by atoms with Crippen LogP contribution in [0, 0.1) is 0 Å². The number of ether oxygens (including phenoxy) is 3. The molecule has 4 rings (SSSR count). The lowest BCUT2D eigenvalue weighted by atomic mass is 10.2. The fourth-order valence-corrected chi connectivity index (χ4v) is 2.72. The van der Waals surface area contributed by atoms with Gasteiger partial charge in [-0.3, -0.25) is 0 Å². The van der Waals surface area contributed by atoms with E-state index in [1.54, 1.807) is 0 Å². The van der Waals surface area contributed by atoms with Crippen LogP contribution in [0.2, 0.25) is 0 Å². The van der Waals surface area contributed by atoms with Crippen molar-refractivity contribution in [3.8, 4) is 23.1 Å². The second-order valence-corrected chi connectivity index (χ2v) is 6.02. The molecule has 1 aliphatic rings. The summed E-state index contributed by atoms with van der Waals surface area (Å²) in [6, 6.07) is 13.4. The fraction of sp³-hybridized carbons (Fsp3) is 0.200. The van der Waals surface area contributed by atoms with Crippen molar-refractivity contribution in [3.05, 3.63) is 54.4 Å². The monoisotopic (exact) mass is 364 g/mol. The number of hydrogen-bond acceptors (Lipinski definition) is 7. The zero-order valence-corrected chi connectivity index (χ0v) is 14.9. The van der Waals surface area contributed by atoms with Crippen LogP contribution >= 0.6 is 0 Å². The van der Waals surface area contributed by atoms with E-state index in [0.717, 1.165) is 17.9 Å². The maximum Gasteiger partial charge on any atom is 0.248 e. The topological polar surface area (TPSA) is 91.5 Å². The van der Waals surface area contributed by atoms with Gasteiger partial charge in [0.25, 0.3) is 0 Å². The highest BCUT2D eigenvalue weighted by atomic mass is 16.6. The van der Waals surface area contributed by atoms with Gasteiger partial charge in [0, 0.05) is 11.8 Å². The standard InChI is InChI=1S/C20H20N4O3/c1-2-13-3-6-15(7-4-13)27-20-18(21)19(22-12-23-20)24-14-5-8-16-17(11-14)26-10-9-25-16/h3-8,11-12H,2,9-10,21H2,1H3,(H,22,23,24). The van der Waals surface area contributed by atoms with E-state index in [0.29, 0.717) is 42.1 Å². The van der Waals surface area contributed by atoms with Crippen LogP contribution in [0.25, 0.3) is 0 Å². The number of aromatic nitrogens is 2. The van der Waals surface area contributed by atoms with Gasteiger partial charge in [-0.05, 0) is 36.2 Å². The van der Waals surface area contributed by atoms with Crippen molar-refractivity contribution in [3.63, 3.8) is 0 Å². The number of nitrogens with zero attached hydrogens (tertiary/aromatic N) is 2. The Labute approximate surface area is 157 Å². The van der Waals surface area contributed by atoms with Gasteiger partial charge in [-0.15, -0.1) is 0 Å². The van der Waals surface area contributed by atoms with E-state index in [9.17, 15) is 0 Å². The van der Waals surface area contributed by atoms with E-state index >= 15 is 0 Å². The molecule has 138 valence electrons. The summed E-state index contributed by atoms with van der Waals surface area (Å²) >= 11 is 0. The minimum Gasteiger partial charge on any atom is -0.486 e. The number of aryl methyl sites for hydroxylation is 1. The lowest BCUT2D eigenvalue weighted by Gasteiger charge is -2.19. The number of nitrogens with two attached hydrogens (primary N) is 1. The molecule has 0 saturated carbocycles. The molecule has 0 atom stereocenters. The van der Waals surface area contributed by atoms with Gasteiger partial charge in [-0.25, -0.2) is 4.98 Å². The van der Waals surface area contributed by atoms with E-state index in [2.05, 4.69) is 22.2 Å². The van der Waals surface area contributed by atoms with Crippen molar-refractivity contribution >= 4 is 17.2 Å². The Bertz CT molecular complexity index is 944. The third-order valence-corrected chi connectivity index (χ3v) is 4.20. The molecule has 7 heteroatoms. The van der Waals surface area contributed by atoms with E-state index in [1.807, 2.05) is 42.5 Å². The Hall–Kier alpha value is -3.48. The summed E-state index contributed by atoms with van der Waals surface area (Å²) < 4.78 is 16.9. The molecule has 0 unspecified atom stereocenters. The Morgan fingerprint density at radius 3 is 2.59 bits per heavy atom. The van der Waals surface area contributed by atoms with Gasteiger partial charge in [-0.2, -0.15) is 4.98 Å². The van der Waals surface area contributed by atoms with E-state index in [-0.39, 0.29) is 0 Å². The van der Waals surface area contributed by atoms with Crippen molar-refractivity contribution < 1.29 is 14.2 Å². The Morgan fingerprint density at radius 1 is 1.04 bits per heavy atom. The number of hydrogen-bond donors (Lipinski definition) is 2. The highest BCUT2D eigenvalue weighted by molar-refractivity contribution is 5.73. The molecule has 0 saturated heterocycles. The van der Waals surface area contributed by atoms with Crippen LogP contribution in [0.4, 0.5) is 17.2 Å². The molecule has 3 N–H and O–H groups in total. The van der Waals surface area contributed by atoms with E-state index in [4.69, 9.17) is 19.9 Å². The van der Waals surface area contributed by atoms with Crippen LogP contribution in [-0.2, 0) is 6.42 Å². The van der Waals surface area contributed by atoms with Crippen molar-refractivity contribution in [1.29, 1.82) is 0 Å². The lowest BCUT2D eigenvalue weighted by molar-refractivity contribution is 0.171. The normalized spacial score (nSPS) is 12.5. The van der Waals surface area contributed by atoms with Crippen molar-refractivity contribution in [1.82, 2.24) is 9.97 Å². The first kappa shape index (κ1) is 17.0. The number of nitrogen functional groups attached to an aromatic ring is 1. The lowest BCUT2D eigenvalue weighted by Crippen LogP contribution is -2.15. The van der Waals surface area contributed by atoms with Gasteiger partial charge in [0.1, 0.15) is 31.0 Å². The average Bonchev–Trinajstić information content (AvgIpc) is 2.71. The molecule has 0 spiro atoms. The molecule has 1 aliphatic heterocycles. The molecule has 1 aromatic heterocycles. The Morgan fingerprint density at radius 2 is 1.81 bits per heavy atom. The SMILES string of the molecule is CCc1ccc(Oc2ncnc(Nc3ccc4c(c3)OCCO4)c2N)cc1.